The number of hydrogen-bond acceptors (Lipinski definition) is 5. The smallest absolute Gasteiger partial charge is 0.288 e. The molecule has 8 nitrogen and oxygen atoms in total. The standard InChI is InChI=1S/C16H13ClN4O4/c1-10(22)19-13-5-3-12(4-6-13)16(23)20-18-9-11-2-7-14(17)15(8-11)21(24)25/h2-9H,1H3,(H,19,22)(H,20,23). The van der Waals surface area contributed by atoms with Gasteiger partial charge in [0.25, 0.3) is 11.6 Å². The first kappa shape index (κ1) is 18.1. The molecule has 2 N–H and O–H groups in total. The number of carbonyl (C=O) groups is 2. The van der Waals surface area contributed by atoms with Gasteiger partial charge in [-0.15, -0.1) is 0 Å². The Morgan fingerprint density at radius 1 is 1.20 bits per heavy atom. The predicted molar refractivity (Wildman–Crippen MR) is 93.9 cm³/mol. The number of nitrogens with zero attached hydrogens (tertiary/aromatic N) is 2. The van der Waals surface area contributed by atoms with E-state index in [-0.39, 0.29) is 16.6 Å². The topological polar surface area (TPSA) is 114 Å². The van der Waals surface area contributed by atoms with Crippen LogP contribution in [-0.4, -0.2) is 23.0 Å². The molecule has 2 aromatic rings. The van der Waals surface area contributed by atoms with Crippen molar-refractivity contribution >= 4 is 41.0 Å². The van der Waals surface area contributed by atoms with Crippen LogP contribution in [0.25, 0.3) is 0 Å². The summed E-state index contributed by atoms with van der Waals surface area (Å²) in [4.78, 5) is 33.1. The van der Waals surface area contributed by atoms with Crippen molar-refractivity contribution in [3.05, 3.63) is 68.7 Å². The molecule has 0 heterocycles. The monoisotopic (exact) mass is 360 g/mol. The number of nitrogens with one attached hydrogen (secondary N) is 2. The van der Waals surface area contributed by atoms with Crippen molar-refractivity contribution in [2.45, 2.75) is 6.92 Å². The van der Waals surface area contributed by atoms with E-state index in [1.807, 2.05) is 0 Å². The highest BCUT2D eigenvalue weighted by Gasteiger charge is 2.12. The SMILES string of the molecule is CC(=O)Nc1ccc(C(=O)NN=Cc2ccc(Cl)c([N+](=O)[O-])c2)cc1. The summed E-state index contributed by atoms with van der Waals surface area (Å²) < 4.78 is 0. The van der Waals surface area contributed by atoms with Gasteiger partial charge in [0.15, 0.2) is 0 Å². The summed E-state index contributed by atoms with van der Waals surface area (Å²) in [5.41, 5.74) is 3.39. The van der Waals surface area contributed by atoms with E-state index in [4.69, 9.17) is 11.6 Å². The Kier molecular flexibility index (Phi) is 5.80. The molecule has 0 aliphatic heterocycles. The quantitative estimate of drug-likeness (QED) is 0.484. The van der Waals surface area contributed by atoms with Gasteiger partial charge in [-0.25, -0.2) is 5.43 Å². The van der Waals surface area contributed by atoms with Crippen LogP contribution in [0.1, 0.15) is 22.8 Å². The normalized spacial score (nSPS) is 10.5. The number of nitro groups is 1. The molecular weight excluding hydrogens is 348 g/mol. The summed E-state index contributed by atoms with van der Waals surface area (Å²) in [5.74, 6) is -0.673. The fraction of sp³-hybridized carbons (Fsp3) is 0.0625. The van der Waals surface area contributed by atoms with Gasteiger partial charge in [0.2, 0.25) is 5.91 Å². The molecule has 0 aliphatic rings. The maximum absolute atomic E-state index is 12.0. The van der Waals surface area contributed by atoms with Crippen molar-refractivity contribution in [3.8, 4) is 0 Å². The van der Waals surface area contributed by atoms with Gasteiger partial charge in [-0.05, 0) is 30.3 Å². The highest BCUT2D eigenvalue weighted by atomic mass is 35.5. The Morgan fingerprint density at radius 3 is 2.48 bits per heavy atom. The second-order valence-corrected chi connectivity index (χ2v) is 5.33. The van der Waals surface area contributed by atoms with E-state index in [0.29, 0.717) is 16.8 Å². The van der Waals surface area contributed by atoms with Gasteiger partial charge < -0.3 is 5.32 Å². The number of nitro benzene ring substituents is 1. The van der Waals surface area contributed by atoms with Gasteiger partial charge in [0.1, 0.15) is 5.02 Å². The van der Waals surface area contributed by atoms with E-state index in [9.17, 15) is 19.7 Å². The van der Waals surface area contributed by atoms with Crippen LogP contribution < -0.4 is 10.7 Å². The molecule has 0 fully saturated rings. The third-order valence-electron chi connectivity index (χ3n) is 3.01. The number of anilines is 1. The lowest BCUT2D eigenvalue weighted by Gasteiger charge is -2.03. The second-order valence-electron chi connectivity index (χ2n) is 4.93. The zero-order valence-corrected chi connectivity index (χ0v) is 13.8. The van der Waals surface area contributed by atoms with Crippen molar-refractivity contribution in [1.29, 1.82) is 0 Å². The molecule has 0 aliphatic carbocycles. The third-order valence-corrected chi connectivity index (χ3v) is 3.33. The van der Waals surface area contributed by atoms with Crippen LogP contribution in [0.5, 0.6) is 0 Å². The zero-order valence-electron chi connectivity index (χ0n) is 13.0. The molecule has 0 aromatic heterocycles. The van der Waals surface area contributed by atoms with Crippen molar-refractivity contribution in [1.82, 2.24) is 5.43 Å². The molecule has 0 atom stereocenters. The average Bonchev–Trinajstić information content (AvgIpc) is 2.56. The maximum Gasteiger partial charge on any atom is 0.288 e. The number of carbonyl (C=O) groups excluding carboxylic acids is 2. The number of hydrazone groups is 1. The molecule has 0 saturated carbocycles. The Hall–Kier alpha value is -3.26. The summed E-state index contributed by atoms with van der Waals surface area (Å²) in [5, 5.41) is 17.2. The minimum atomic E-state index is -0.602. The van der Waals surface area contributed by atoms with E-state index >= 15 is 0 Å². The Morgan fingerprint density at radius 2 is 1.88 bits per heavy atom. The molecule has 0 spiro atoms. The van der Waals surface area contributed by atoms with Crippen LogP contribution in [-0.2, 0) is 4.79 Å². The summed E-state index contributed by atoms with van der Waals surface area (Å²) in [7, 11) is 0. The van der Waals surface area contributed by atoms with Crippen LogP contribution in [0.2, 0.25) is 5.02 Å². The fourth-order valence-corrected chi connectivity index (χ4v) is 2.07. The van der Waals surface area contributed by atoms with Crippen LogP contribution in [0.4, 0.5) is 11.4 Å². The largest absolute Gasteiger partial charge is 0.326 e. The van der Waals surface area contributed by atoms with Crippen LogP contribution >= 0.6 is 11.6 Å². The molecule has 0 radical (unpaired) electrons. The van der Waals surface area contributed by atoms with Crippen LogP contribution in [0.15, 0.2) is 47.6 Å². The van der Waals surface area contributed by atoms with E-state index < -0.39 is 10.8 Å². The summed E-state index contributed by atoms with van der Waals surface area (Å²) in [6.45, 7) is 1.39. The van der Waals surface area contributed by atoms with Crippen molar-refractivity contribution in [3.63, 3.8) is 0 Å². The van der Waals surface area contributed by atoms with E-state index in [1.165, 1.54) is 43.5 Å². The lowest BCUT2D eigenvalue weighted by atomic mass is 10.2. The molecule has 9 heteroatoms. The van der Waals surface area contributed by atoms with Crippen LogP contribution in [0, 0.1) is 10.1 Å². The molecule has 2 rings (SSSR count). The first-order valence-corrected chi connectivity index (χ1v) is 7.39. The minimum absolute atomic E-state index is 0.0189. The average molecular weight is 361 g/mol. The lowest BCUT2D eigenvalue weighted by molar-refractivity contribution is -0.384. The highest BCUT2D eigenvalue weighted by molar-refractivity contribution is 6.32. The van der Waals surface area contributed by atoms with Crippen molar-refractivity contribution in [2.75, 3.05) is 5.32 Å². The Balaban J connectivity index is 2.02. The number of halogens is 1. The van der Waals surface area contributed by atoms with Crippen molar-refractivity contribution in [2.24, 2.45) is 5.10 Å². The second kappa shape index (κ2) is 8.02. The minimum Gasteiger partial charge on any atom is -0.326 e. The van der Waals surface area contributed by atoms with Gasteiger partial charge in [0.05, 0.1) is 11.1 Å². The molecule has 0 unspecified atom stereocenters. The molecular formula is C16H13ClN4O4. The number of benzene rings is 2. The summed E-state index contributed by atoms with van der Waals surface area (Å²) in [6, 6.07) is 10.4. The van der Waals surface area contributed by atoms with Gasteiger partial charge in [-0.1, -0.05) is 17.7 Å². The lowest BCUT2D eigenvalue weighted by Crippen LogP contribution is -2.17. The maximum atomic E-state index is 12.0. The van der Waals surface area contributed by atoms with Gasteiger partial charge in [0, 0.05) is 29.8 Å². The first-order valence-electron chi connectivity index (χ1n) is 7.02. The predicted octanol–water partition coefficient (Wildman–Crippen LogP) is 2.97. The summed E-state index contributed by atoms with van der Waals surface area (Å²) in [6.07, 6.45) is 1.27. The van der Waals surface area contributed by atoms with Gasteiger partial charge >= 0.3 is 0 Å². The Bertz CT molecular complexity index is 850. The van der Waals surface area contributed by atoms with Crippen molar-refractivity contribution < 1.29 is 14.5 Å². The molecule has 128 valence electrons. The first-order chi connectivity index (χ1) is 11.9. The highest BCUT2D eigenvalue weighted by Crippen LogP contribution is 2.24. The molecule has 25 heavy (non-hydrogen) atoms. The number of hydrogen-bond donors (Lipinski definition) is 2. The number of amides is 2. The van der Waals surface area contributed by atoms with E-state index in [1.54, 1.807) is 12.1 Å². The van der Waals surface area contributed by atoms with E-state index in [0.717, 1.165) is 0 Å². The zero-order chi connectivity index (χ0) is 18.4. The molecule has 0 saturated heterocycles. The molecule has 2 aromatic carbocycles. The van der Waals surface area contributed by atoms with Gasteiger partial charge in [-0.2, -0.15) is 5.10 Å². The summed E-state index contributed by atoms with van der Waals surface area (Å²) >= 11 is 5.72. The fourth-order valence-electron chi connectivity index (χ4n) is 1.89. The molecule has 0 bridgehead atoms. The third kappa shape index (κ3) is 5.11. The Labute approximate surface area is 147 Å². The number of rotatable bonds is 5. The molecule has 2 amide bonds. The van der Waals surface area contributed by atoms with E-state index in [2.05, 4.69) is 15.8 Å². The van der Waals surface area contributed by atoms with Gasteiger partial charge in [-0.3, -0.25) is 19.7 Å². The van der Waals surface area contributed by atoms with Crippen LogP contribution in [0.3, 0.4) is 0 Å².